The monoisotopic (exact) mass is 714 g/mol. The number of rotatable bonds is 20. The molecule has 12 heteroatoms. The fraction of sp³-hybridized carbons (Fsp3) is 0.450. The molecule has 3 aromatic carbocycles. The van der Waals surface area contributed by atoms with Crippen LogP contribution in [-0.2, 0) is 25.7 Å². The molecule has 12 nitrogen and oxygen atoms in total. The number of likely N-dealkylation sites (N-methyl/N-ethyl adjacent to an activating group) is 1. The zero-order chi connectivity index (χ0) is 37.1. The summed E-state index contributed by atoms with van der Waals surface area (Å²) >= 11 is 0. The average molecular weight is 715 g/mol. The van der Waals surface area contributed by atoms with Crippen molar-refractivity contribution in [3.63, 3.8) is 0 Å². The van der Waals surface area contributed by atoms with Crippen LogP contribution in [-0.4, -0.2) is 96.7 Å². The van der Waals surface area contributed by atoms with Crippen molar-refractivity contribution in [2.45, 2.75) is 64.3 Å². The third-order valence-corrected chi connectivity index (χ3v) is 9.01. The number of amides is 4. The number of aromatic hydroxyl groups is 1. The van der Waals surface area contributed by atoms with Crippen LogP contribution in [0.25, 0.3) is 11.1 Å². The standard InChI is InChI=1S/C40H54N6O6/c1-43(31-37(41)48)25-13-18-39(50)44(30-32-19-21-34(47)22-20-32)26-10-3-9-24-42-38(49)23-29-52-40(51)46(45-27-11-4-12-28-45)36-17-8-7-16-35(36)33-14-5-2-6-15-33/h2,5-8,14-17,19-22,47H,3-4,9-13,18,23-31H2,1H3,(H2,41,48)(H,42,49). The van der Waals surface area contributed by atoms with Gasteiger partial charge in [-0.3, -0.25) is 19.3 Å². The van der Waals surface area contributed by atoms with Gasteiger partial charge in [0.25, 0.3) is 0 Å². The summed E-state index contributed by atoms with van der Waals surface area (Å²) < 4.78 is 5.69. The van der Waals surface area contributed by atoms with E-state index in [0.717, 1.165) is 74.0 Å². The van der Waals surface area contributed by atoms with E-state index in [0.29, 0.717) is 39.0 Å². The van der Waals surface area contributed by atoms with Crippen LogP contribution in [0.5, 0.6) is 5.75 Å². The number of carbonyl (C=O) groups is 4. The van der Waals surface area contributed by atoms with Gasteiger partial charge in [-0.05, 0) is 81.4 Å². The van der Waals surface area contributed by atoms with E-state index in [1.165, 1.54) is 0 Å². The Kier molecular flexibility index (Phi) is 16.4. The van der Waals surface area contributed by atoms with E-state index in [-0.39, 0.29) is 37.1 Å². The van der Waals surface area contributed by atoms with E-state index in [1.54, 1.807) is 41.2 Å². The lowest BCUT2D eigenvalue weighted by molar-refractivity contribution is -0.132. The van der Waals surface area contributed by atoms with E-state index in [9.17, 15) is 24.3 Å². The summed E-state index contributed by atoms with van der Waals surface area (Å²) in [4.78, 5) is 54.1. The topological polar surface area (TPSA) is 149 Å². The van der Waals surface area contributed by atoms with Gasteiger partial charge in [0, 0.05) is 44.7 Å². The van der Waals surface area contributed by atoms with Crippen molar-refractivity contribution >= 4 is 29.5 Å². The van der Waals surface area contributed by atoms with E-state index in [4.69, 9.17) is 10.5 Å². The van der Waals surface area contributed by atoms with Gasteiger partial charge in [0.15, 0.2) is 0 Å². The van der Waals surface area contributed by atoms with Crippen molar-refractivity contribution in [2.75, 3.05) is 57.9 Å². The van der Waals surface area contributed by atoms with Crippen LogP contribution >= 0.6 is 0 Å². The SMILES string of the molecule is CN(CCCC(=O)N(CCCCCNC(=O)CCOC(=O)N(c1ccccc1-c1ccccc1)N1CCCCC1)Cc1ccc(O)cc1)CC(N)=O. The summed E-state index contributed by atoms with van der Waals surface area (Å²) in [6.07, 6.45) is 5.92. The molecule has 1 saturated heterocycles. The molecular weight excluding hydrogens is 660 g/mol. The first kappa shape index (κ1) is 39.8. The Labute approximate surface area is 307 Å². The summed E-state index contributed by atoms with van der Waals surface area (Å²) in [5.74, 6) is -0.403. The molecule has 280 valence electrons. The van der Waals surface area contributed by atoms with Crippen LogP contribution in [0.4, 0.5) is 10.5 Å². The Morgan fingerprint density at radius 1 is 0.827 bits per heavy atom. The lowest BCUT2D eigenvalue weighted by Gasteiger charge is -2.37. The molecule has 0 aromatic heterocycles. The zero-order valence-corrected chi connectivity index (χ0v) is 30.4. The van der Waals surface area contributed by atoms with E-state index >= 15 is 0 Å². The van der Waals surface area contributed by atoms with Crippen molar-refractivity contribution in [1.82, 2.24) is 20.1 Å². The summed E-state index contributed by atoms with van der Waals surface area (Å²) in [5, 5.41) is 16.3. The number of anilines is 1. The van der Waals surface area contributed by atoms with Crippen molar-refractivity contribution in [3.8, 4) is 16.9 Å². The number of piperidine rings is 1. The molecule has 4 rings (SSSR count). The highest BCUT2D eigenvalue weighted by Crippen LogP contribution is 2.33. The van der Waals surface area contributed by atoms with Crippen LogP contribution < -0.4 is 16.1 Å². The van der Waals surface area contributed by atoms with E-state index < -0.39 is 12.0 Å². The molecule has 0 atom stereocenters. The van der Waals surface area contributed by atoms with Crippen LogP contribution in [0.1, 0.15) is 63.4 Å². The van der Waals surface area contributed by atoms with E-state index in [2.05, 4.69) is 5.32 Å². The van der Waals surface area contributed by atoms with Crippen LogP contribution in [0.15, 0.2) is 78.9 Å². The summed E-state index contributed by atoms with van der Waals surface area (Å²) in [7, 11) is 1.80. The Morgan fingerprint density at radius 3 is 2.27 bits per heavy atom. The molecule has 0 bridgehead atoms. The third-order valence-electron chi connectivity index (χ3n) is 9.01. The highest BCUT2D eigenvalue weighted by Gasteiger charge is 2.28. The maximum atomic E-state index is 13.6. The van der Waals surface area contributed by atoms with Crippen molar-refractivity contribution in [3.05, 3.63) is 84.4 Å². The number of hydrazine groups is 1. The number of benzene rings is 3. The van der Waals surface area contributed by atoms with Crippen molar-refractivity contribution in [1.29, 1.82) is 0 Å². The van der Waals surface area contributed by atoms with Crippen molar-refractivity contribution in [2.24, 2.45) is 5.73 Å². The lowest BCUT2D eigenvalue weighted by Crippen LogP contribution is -2.49. The number of ether oxygens (including phenoxy) is 1. The number of nitrogens with one attached hydrogen (secondary N) is 1. The molecule has 0 spiro atoms. The van der Waals surface area contributed by atoms with Gasteiger partial charge >= 0.3 is 6.09 Å². The number of phenolic OH excluding ortho intramolecular Hbond substituents is 1. The average Bonchev–Trinajstić information content (AvgIpc) is 3.14. The molecular formula is C40H54N6O6. The second-order valence-corrected chi connectivity index (χ2v) is 13.3. The van der Waals surface area contributed by atoms with Gasteiger partial charge in [0.2, 0.25) is 17.7 Å². The molecule has 1 fully saturated rings. The zero-order valence-electron chi connectivity index (χ0n) is 30.4. The van der Waals surface area contributed by atoms with Crippen LogP contribution in [0.2, 0.25) is 0 Å². The molecule has 3 aromatic rings. The third kappa shape index (κ3) is 13.3. The number of nitrogens with zero attached hydrogens (tertiary/aromatic N) is 4. The Balaban J connectivity index is 1.21. The van der Waals surface area contributed by atoms with Crippen LogP contribution in [0.3, 0.4) is 0 Å². The number of hydrogen-bond acceptors (Lipinski definition) is 8. The maximum Gasteiger partial charge on any atom is 0.429 e. The molecule has 4 N–H and O–H groups in total. The Morgan fingerprint density at radius 2 is 1.54 bits per heavy atom. The van der Waals surface area contributed by atoms with Gasteiger partial charge in [0.1, 0.15) is 12.4 Å². The largest absolute Gasteiger partial charge is 0.508 e. The minimum Gasteiger partial charge on any atom is -0.508 e. The normalized spacial score (nSPS) is 13.0. The first-order valence-corrected chi connectivity index (χ1v) is 18.4. The predicted molar refractivity (Wildman–Crippen MR) is 202 cm³/mol. The molecule has 0 saturated carbocycles. The number of phenols is 1. The lowest BCUT2D eigenvalue weighted by atomic mass is 10.0. The van der Waals surface area contributed by atoms with Gasteiger partial charge in [-0.15, -0.1) is 0 Å². The number of unbranched alkanes of at least 4 members (excludes halogenated alkanes) is 2. The molecule has 0 radical (unpaired) electrons. The van der Waals surface area contributed by atoms with Gasteiger partial charge in [-0.25, -0.2) is 14.8 Å². The molecule has 1 aliphatic rings. The van der Waals surface area contributed by atoms with Gasteiger partial charge < -0.3 is 25.8 Å². The molecule has 52 heavy (non-hydrogen) atoms. The fourth-order valence-corrected chi connectivity index (χ4v) is 6.29. The van der Waals surface area contributed by atoms with Gasteiger partial charge in [-0.2, -0.15) is 0 Å². The number of carbonyl (C=O) groups excluding carboxylic acids is 4. The number of nitrogens with two attached hydrogens (primary N) is 1. The predicted octanol–water partition coefficient (Wildman–Crippen LogP) is 5.31. The van der Waals surface area contributed by atoms with Crippen molar-refractivity contribution < 1.29 is 29.0 Å². The van der Waals surface area contributed by atoms with Gasteiger partial charge in [0.05, 0.1) is 18.7 Å². The molecule has 1 aliphatic heterocycles. The Bertz CT molecular complexity index is 1560. The van der Waals surface area contributed by atoms with E-state index in [1.807, 2.05) is 64.5 Å². The Hall–Kier alpha value is -4.94. The minimum absolute atomic E-state index is 0.0193. The summed E-state index contributed by atoms with van der Waals surface area (Å²) in [5.41, 5.74) is 8.87. The second-order valence-electron chi connectivity index (χ2n) is 13.3. The summed E-state index contributed by atoms with van der Waals surface area (Å²) in [6.45, 7) is 3.66. The summed E-state index contributed by atoms with van der Waals surface area (Å²) in [6, 6.07) is 24.6. The first-order chi connectivity index (χ1) is 25.2. The minimum atomic E-state index is -0.498. The number of para-hydroxylation sites is 1. The molecule has 1 heterocycles. The quantitative estimate of drug-likeness (QED) is 0.134. The number of primary amides is 1. The van der Waals surface area contributed by atoms with Gasteiger partial charge in [-0.1, -0.05) is 67.1 Å². The molecule has 4 amide bonds. The highest BCUT2D eigenvalue weighted by atomic mass is 16.6. The smallest absolute Gasteiger partial charge is 0.429 e. The fourth-order valence-electron chi connectivity index (χ4n) is 6.29. The maximum absolute atomic E-state index is 13.6. The first-order valence-electron chi connectivity index (χ1n) is 18.4. The number of hydrogen-bond donors (Lipinski definition) is 3. The second kappa shape index (κ2) is 21.4. The molecule has 0 aliphatic carbocycles. The highest BCUT2D eigenvalue weighted by molar-refractivity contribution is 5.93. The molecule has 0 unspecified atom stereocenters. The van der Waals surface area contributed by atoms with Crippen LogP contribution in [0, 0.1) is 0 Å².